The predicted octanol–water partition coefficient (Wildman–Crippen LogP) is 12.6. The molecule has 2 nitrogen and oxygen atoms in total. The van der Waals surface area contributed by atoms with E-state index in [-0.39, 0.29) is 16.9 Å². The fraction of sp³-hybridized carbons (Fsp3) is 0.300. The Bertz CT molecular complexity index is 2220. The highest BCUT2D eigenvalue weighted by molar-refractivity contribution is 5.89. The van der Waals surface area contributed by atoms with E-state index in [2.05, 4.69) is 11.7 Å². The zero-order chi connectivity index (χ0) is 38.2. The molecule has 0 spiro atoms. The number of ether oxygens (including phenoxy) is 2. The number of rotatable bonds is 9. The molecule has 0 saturated carbocycles. The Balaban J connectivity index is 1.24. The van der Waals surface area contributed by atoms with E-state index in [9.17, 15) is 22.0 Å². The summed E-state index contributed by atoms with van der Waals surface area (Å²) in [6.45, 7) is 2.70. The molecule has 1 fully saturated rings. The lowest BCUT2D eigenvalue weighted by Crippen LogP contribution is -2.25. The molecule has 0 radical (unpaired) electrons. The van der Waals surface area contributed by atoms with Crippen molar-refractivity contribution in [2.75, 3.05) is 6.61 Å². The van der Waals surface area contributed by atoms with Crippen molar-refractivity contribution in [1.29, 1.82) is 0 Å². The first-order valence-electron chi connectivity index (χ1n) is 16.7. The Labute approximate surface area is 296 Å². The molecular formula is C40H29F11O2. The number of benzene rings is 5. The van der Waals surface area contributed by atoms with Crippen LogP contribution in [0, 0.1) is 52.7 Å². The number of hydrogen-bond donors (Lipinski definition) is 0. The SMILES string of the molecule is CCCCCC1CCC(c2ccc3c(F)c(-c4cc(F)c(C(F)(F)Oc5ccc6c(F)c(C#CC(F)(F)F)c(F)cc6c5)c(F)c4)c(F)cc3c2)OC1. The zero-order valence-electron chi connectivity index (χ0n) is 27.9. The fourth-order valence-corrected chi connectivity index (χ4v) is 6.61. The molecule has 278 valence electrons. The topological polar surface area (TPSA) is 18.5 Å². The third-order valence-electron chi connectivity index (χ3n) is 9.21. The Kier molecular flexibility index (Phi) is 10.7. The first-order chi connectivity index (χ1) is 25.1. The lowest BCUT2D eigenvalue weighted by Gasteiger charge is -2.29. The molecule has 13 heteroatoms. The van der Waals surface area contributed by atoms with Crippen molar-refractivity contribution >= 4 is 21.5 Å². The van der Waals surface area contributed by atoms with E-state index in [1.165, 1.54) is 12.0 Å². The van der Waals surface area contributed by atoms with Gasteiger partial charge in [-0.15, -0.1) is 0 Å². The van der Waals surface area contributed by atoms with Gasteiger partial charge < -0.3 is 9.47 Å². The van der Waals surface area contributed by atoms with Crippen LogP contribution in [0.2, 0.25) is 0 Å². The molecule has 1 aliphatic rings. The van der Waals surface area contributed by atoms with Crippen molar-refractivity contribution in [3.63, 3.8) is 0 Å². The molecular weight excluding hydrogens is 721 g/mol. The van der Waals surface area contributed by atoms with Crippen molar-refractivity contribution < 1.29 is 57.8 Å². The average Bonchev–Trinajstić information content (AvgIpc) is 3.07. The van der Waals surface area contributed by atoms with Gasteiger partial charge in [0.1, 0.15) is 46.2 Å². The van der Waals surface area contributed by atoms with Crippen molar-refractivity contribution in [3.05, 3.63) is 112 Å². The van der Waals surface area contributed by atoms with Crippen LogP contribution >= 0.6 is 0 Å². The molecule has 2 atom stereocenters. The Morgan fingerprint density at radius 2 is 1.40 bits per heavy atom. The van der Waals surface area contributed by atoms with Crippen LogP contribution in [0.25, 0.3) is 32.7 Å². The fourth-order valence-electron chi connectivity index (χ4n) is 6.61. The first-order valence-corrected chi connectivity index (χ1v) is 16.7. The molecule has 0 bridgehead atoms. The predicted molar refractivity (Wildman–Crippen MR) is 176 cm³/mol. The van der Waals surface area contributed by atoms with Crippen molar-refractivity contribution in [3.8, 4) is 28.7 Å². The van der Waals surface area contributed by atoms with Crippen LogP contribution in [-0.2, 0) is 10.8 Å². The maximum Gasteiger partial charge on any atom is 0.458 e. The number of fused-ring (bicyclic) bond motifs is 2. The number of hydrogen-bond acceptors (Lipinski definition) is 2. The van der Waals surface area contributed by atoms with Crippen LogP contribution in [0.15, 0.2) is 60.7 Å². The van der Waals surface area contributed by atoms with Gasteiger partial charge in [-0.1, -0.05) is 44.2 Å². The quantitative estimate of drug-likeness (QED) is 0.0849. The smallest absolute Gasteiger partial charge is 0.429 e. The molecule has 0 N–H and O–H groups in total. The monoisotopic (exact) mass is 750 g/mol. The molecule has 6 rings (SSSR count). The van der Waals surface area contributed by atoms with E-state index in [4.69, 9.17) is 4.74 Å². The summed E-state index contributed by atoms with van der Waals surface area (Å²) in [5.41, 5.74) is -4.02. The molecule has 5 aromatic rings. The van der Waals surface area contributed by atoms with E-state index in [0.717, 1.165) is 56.6 Å². The van der Waals surface area contributed by atoms with Crippen LogP contribution in [-0.4, -0.2) is 12.8 Å². The minimum absolute atomic E-state index is 0.0827. The highest BCUT2D eigenvalue weighted by Gasteiger charge is 2.41. The summed E-state index contributed by atoms with van der Waals surface area (Å²) < 4.78 is 169. The lowest BCUT2D eigenvalue weighted by molar-refractivity contribution is -0.189. The second-order valence-electron chi connectivity index (χ2n) is 12.9. The van der Waals surface area contributed by atoms with Gasteiger partial charge in [-0.05, 0) is 95.6 Å². The second kappa shape index (κ2) is 14.9. The minimum atomic E-state index is -5.05. The average molecular weight is 751 g/mol. The maximum absolute atomic E-state index is 15.8. The summed E-state index contributed by atoms with van der Waals surface area (Å²) in [5.74, 6) is -7.60. The molecule has 0 aliphatic carbocycles. The van der Waals surface area contributed by atoms with Crippen LogP contribution in [0.3, 0.4) is 0 Å². The summed E-state index contributed by atoms with van der Waals surface area (Å²) in [7, 11) is 0. The molecule has 0 aromatic heterocycles. The Morgan fingerprint density at radius 1 is 0.736 bits per heavy atom. The van der Waals surface area contributed by atoms with Gasteiger partial charge in [0.15, 0.2) is 0 Å². The second-order valence-corrected chi connectivity index (χ2v) is 12.9. The molecule has 2 unspecified atom stereocenters. The summed E-state index contributed by atoms with van der Waals surface area (Å²) in [6.07, 6.45) is -3.97. The van der Waals surface area contributed by atoms with Gasteiger partial charge in [0.2, 0.25) is 0 Å². The van der Waals surface area contributed by atoms with Gasteiger partial charge in [0.05, 0.1) is 23.8 Å². The van der Waals surface area contributed by atoms with Crippen molar-refractivity contribution in [2.45, 2.75) is 63.8 Å². The van der Waals surface area contributed by atoms with Gasteiger partial charge in [-0.25, -0.2) is 26.3 Å². The van der Waals surface area contributed by atoms with Crippen LogP contribution in [0.1, 0.15) is 68.2 Å². The van der Waals surface area contributed by atoms with E-state index in [1.807, 2.05) is 0 Å². The van der Waals surface area contributed by atoms with Crippen molar-refractivity contribution in [2.24, 2.45) is 5.92 Å². The Morgan fingerprint density at radius 3 is 2.06 bits per heavy atom. The minimum Gasteiger partial charge on any atom is -0.429 e. The van der Waals surface area contributed by atoms with E-state index >= 15 is 26.3 Å². The molecule has 0 amide bonds. The number of unbranched alkanes of at least 4 members (excludes halogenated alkanes) is 2. The van der Waals surface area contributed by atoms with E-state index in [1.54, 1.807) is 12.1 Å². The molecule has 1 heterocycles. The van der Waals surface area contributed by atoms with Gasteiger partial charge >= 0.3 is 12.3 Å². The molecule has 53 heavy (non-hydrogen) atoms. The van der Waals surface area contributed by atoms with Gasteiger partial charge in [-0.3, -0.25) is 0 Å². The number of halogens is 11. The summed E-state index contributed by atoms with van der Waals surface area (Å²) in [5, 5.41) is -0.887. The first kappa shape index (κ1) is 37.9. The van der Waals surface area contributed by atoms with Crippen LogP contribution in [0.5, 0.6) is 5.75 Å². The van der Waals surface area contributed by atoms with Gasteiger partial charge in [0.25, 0.3) is 0 Å². The zero-order valence-corrected chi connectivity index (χ0v) is 27.9. The number of alkyl halides is 5. The van der Waals surface area contributed by atoms with E-state index in [0.29, 0.717) is 48.4 Å². The summed E-state index contributed by atoms with van der Waals surface area (Å²) in [6, 6.07) is 8.86. The largest absolute Gasteiger partial charge is 0.458 e. The highest BCUT2D eigenvalue weighted by atomic mass is 19.4. The third-order valence-corrected chi connectivity index (χ3v) is 9.21. The maximum atomic E-state index is 15.8. The molecule has 1 aliphatic heterocycles. The standard InChI is InChI=1S/C40H29F11O2/c1-2-3-4-5-21-6-11-34(52-20-21)22-7-9-28-23(14-22)17-31(42)35(38(28)46)25-18-32(43)36(33(44)19-25)40(50,51)53-26-8-10-27-24(15-26)16-30(41)29(37(27)45)12-13-39(47,48)49/h7-10,14-19,21,34H,2-6,11,20H2,1H3. The third kappa shape index (κ3) is 8.08. The van der Waals surface area contributed by atoms with Crippen LogP contribution in [0.4, 0.5) is 48.3 Å². The molecule has 5 aromatic carbocycles. The van der Waals surface area contributed by atoms with Crippen molar-refractivity contribution in [1.82, 2.24) is 0 Å². The van der Waals surface area contributed by atoms with E-state index < -0.39 is 86.0 Å². The highest BCUT2D eigenvalue weighted by Crippen LogP contribution is 2.41. The molecule has 1 saturated heterocycles. The summed E-state index contributed by atoms with van der Waals surface area (Å²) >= 11 is 0. The Hall–Kier alpha value is -4.83. The van der Waals surface area contributed by atoms with Crippen LogP contribution < -0.4 is 4.74 Å². The lowest BCUT2D eigenvalue weighted by atomic mass is 9.90. The summed E-state index contributed by atoms with van der Waals surface area (Å²) in [4.78, 5) is 0. The van der Waals surface area contributed by atoms with Gasteiger partial charge in [-0.2, -0.15) is 22.0 Å². The normalized spacial score (nSPS) is 16.5. The van der Waals surface area contributed by atoms with Gasteiger partial charge in [0, 0.05) is 16.7 Å².